The predicted molar refractivity (Wildman–Crippen MR) is 31.2 cm³/mol. The Balaban J connectivity index is 2.47. The quantitative estimate of drug-likeness (QED) is 0.435. The van der Waals surface area contributed by atoms with Crippen LogP contribution in [0.2, 0.25) is 0 Å². The summed E-state index contributed by atoms with van der Waals surface area (Å²) in [6, 6.07) is 0. The molecule has 0 radical (unpaired) electrons. The van der Waals surface area contributed by atoms with E-state index in [4.69, 9.17) is 0 Å². The Kier molecular flexibility index (Phi) is 1.89. The highest BCUT2D eigenvalue weighted by Crippen LogP contribution is 2.03. The molecule has 0 saturated carbocycles. The number of Topliss-reactive ketones (excluding diaryl/α,β-unsaturated/α-hetero) is 1. The number of piperidine rings is 1. The number of ketones is 1. The van der Waals surface area contributed by atoms with Crippen molar-refractivity contribution in [3.05, 3.63) is 0 Å². The summed E-state index contributed by atoms with van der Waals surface area (Å²) in [5.41, 5.74) is 0. The first-order valence-corrected chi connectivity index (χ1v) is 3.18. The molecule has 0 aromatic carbocycles. The van der Waals surface area contributed by atoms with E-state index in [0.717, 1.165) is 4.90 Å². The fourth-order valence-corrected chi connectivity index (χ4v) is 0.994. The lowest BCUT2D eigenvalue weighted by atomic mass is 10.1. The van der Waals surface area contributed by atoms with Gasteiger partial charge in [-0.05, 0) is 6.42 Å². The third kappa shape index (κ3) is 1.46. The minimum atomic E-state index is -1.24. The summed E-state index contributed by atoms with van der Waals surface area (Å²) in [7, 11) is 0. The van der Waals surface area contributed by atoms with Gasteiger partial charge in [0.15, 0.2) is 5.78 Å². The molecule has 10 heavy (non-hydrogen) atoms. The van der Waals surface area contributed by atoms with Gasteiger partial charge in [-0.25, -0.2) is 0 Å². The van der Waals surface area contributed by atoms with Crippen LogP contribution in [-0.2, 0) is 4.79 Å². The number of rotatable bonds is 0. The van der Waals surface area contributed by atoms with Crippen LogP contribution in [0.5, 0.6) is 0 Å². The topological polar surface area (TPSA) is 60.4 Å². The van der Waals surface area contributed by atoms with Crippen molar-refractivity contribution in [2.24, 2.45) is 0 Å². The first-order chi connectivity index (χ1) is 4.70. The van der Waals surface area contributed by atoms with E-state index in [9.17, 15) is 14.7 Å². The van der Waals surface area contributed by atoms with E-state index in [-0.39, 0.29) is 12.3 Å². The Morgan fingerprint density at radius 3 is 2.70 bits per heavy atom. The Morgan fingerprint density at radius 2 is 2.30 bits per heavy atom. The minimum Gasteiger partial charge on any atom is -0.530 e. The maximum absolute atomic E-state index is 10.6. The maximum Gasteiger partial charge on any atom is 0.152 e. The molecule has 4 nitrogen and oxygen atoms in total. The van der Waals surface area contributed by atoms with Gasteiger partial charge in [-0.3, -0.25) is 4.79 Å². The van der Waals surface area contributed by atoms with Gasteiger partial charge in [0, 0.05) is 13.0 Å². The van der Waals surface area contributed by atoms with E-state index in [2.05, 4.69) is 0 Å². The zero-order chi connectivity index (χ0) is 7.56. The third-order valence-electron chi connectivity index (χ3n) is 1.51. The second-order valence-electron chi connectivity index (χ2n) is 2.33. The lowest BCUT2D eigenvalue weighted by Crippen LogP contribution is -2.46. The lowest BCUT2D eigenvalue weighted by molar-refractivity contribution is -0.265. The molecule has 4 heteroatoms. The highest BCUT2D eigenvalue weighted by Gasteiger charge is 2.15. The van der Waals surface area contributed by atoms with Crippen LogP contribution in [0.3, 0.4) is 0 Å². The number of nitrogens with zero attached hydrogens (tertiary/aromatic N) is 1. The molecule has 0 aliphatic carbocycles. The Labute approximate surface area is 58.4 Å². The van der Waals surface area contributed by atoms with E-state index in [0.29, 0.717) is 19.4 Å². The van der Waals surface area contributed by atoms with Crippen LogP contribution in [0.15, 0.2) is 0 Å². The van der Waals surface area contributed by atoms with Gasteiger partial charge in [0.2, 0.25) is 0 Å². The number of carbonyl (C=O) groups excluding carboxylic acids is 2. The molecule has 1 aliphatic rings. The predicted octanol–water partition coefficient (Wildman–Crippen LogP) is -1.01. The summed E-state index contributed by atoms with van der Waals surface area (Å²) in [6.45, 7) is 0.455. The molecular weight excluding hydrogens is 134 g/mol. The minimum absolute atomic E-state index is 0.0162. The molecule has 0 aromatic rings. The van der Waals surface area contributed by atoms with Crippen molar-refractivity contribution in [1.82, 2.24) is 4.90 Å². The van der Waals surface area contributed by atoms with Crippen molar-refractivity contribution < 1.29 is 14.7 Å². The van der Waals surface area contributed by atoms with Crippen LogP contribution in [0.1, 0.15) is 12.8 Å². The van der Waals surface area contributed by atoms with E-state index >= 15 is 0 Å². The van der Waals surface area contributed by atoms with Gasteiger partial charge in [0.1, 0.15) is 6.09 Å². The van der Waals surface area contributed by atoms with Crippen molar-refractivity contribution >= 4 is 11.9 Å². The summed E-state index contributed by atoms with van der Waals surface area (Å²) in [5, 5.41) is 10.2. The highest BCUT2D eigenvalue weighted by molar-refractivity contribution is 5.84. The first kappa shape index (κ1) is 7.05. The van der Waals surface area contributed by atoms with Crippen molar-refractivity contribution in [2.75, 3.05) is 13.1 Å². The second kappa shape index (κ2) is 2.68. The standard InChI is InChI=1S/C6H9NO3/c8-5-2-1-3-7(4-5)6(9)10/h1-4H2,(H,9,10)/p-1. The molecule has 0 bridgehead atoms. The SMILES string of the molecule is O=C1CCCN(C(=O)[O-])C1. The Hall–Kier alpha value is -1.06. The lowest BCUT2D eigenvalue weighted by Gasteiger charge is -2.27. The molecule has 0 atom stereocenters. The van der Waals surface area contributed by atoms with Crippen LogP contribution in [-0.4, -0.2) is 29.9 Å². The highest BCUT2D eigenvalue weighted by atomic mass is 16.4. The largest absolute Gasteiger partial charge is 0.530 e. The second-order valence-corrected chi connectivity index (χ2v) is 2.33. The smallest absolute Gasteiger partial charge is 0.152 e. The number of carboxylic acid groups (broad SMARTS) is 1. The molecule has 0 N–H and O–H groups in total. The van der Waals surface area contributed by atoms with E-state index < -0.39 is 6.09 Å². The van der Waals surface area contributed by atoms with Gasteiger partial charge in [-0.15, -0.1) is 0 Å². The number of likely N-dealkylation sites (tertiary alicyclic amines) is 1. The van der Waals surface area contributed by atoms with Gasteiger partial charge >= 0.3 is 0 Å². The summed E-state index contributed by atoms with van der Waals surface area (Å²) in [5.74, 6) is -0.0181. The molecule has 1 saturated heterocycles. The maximum atomic E-state index is 10.6. The van der Waals surface area contributed by atoms with Crippen LogP contribution in [0, 0.1) is 0 Å². The molecule has 0 unspecified atom stereocenters. The van der Waals surface area contributed by atoms with Crippen molar-refractivity contribution in [2.45, 2.75) is 12.8 Å². The average molecular weight is 142 g/mol. The van der Waals surface area contributed by atoms with E-state index in [1.807, 2.05) is 0 Å². The van der Waals surface area contributed by atoms with Crippen molar-refractivity contribution in [3.63, 3.8) is 0 Å². The summed E-state index contributed by atoms with van der Waals surface area (Å²) in [4.78, 5) is 21.8. The van der Waals surface area contributed by atoms with Crippen LogP contribution < -0.4 is 5.11 Å². The number of amides is 1. The van der Waals surface area contributed by atoms with Gasteiger partial charge in [0.05, 0.1) is 6.54 Å². The molecule has 0 aromatic heterocycles. The molecule has 1 rings (SSSR count). The average Bonchev–Trinajstić information content (AvgIpc) is 1.88. The molecule has 1 heterocycles. The molecular formula is C6H8NO3-. The van der Waals surface area contributed by atoms with Gasteiger partial charge in [0.25, 0.3) is 0 Å². The zero-order valence-electron chi connectivity index (χ0n) is 5.50. The first-order valence-electron chi connectivity index (χ1n) is 3.18. The van der Waals surface area contributed by atoms with Crippen molar-refractivity contribution in [1.29, 1.82) is 0 Å². The van der Waals surface area contributed by atoms with Gasteiger partial charge in [-0.2, -0.15) is 0 Å². The fraction of sp³-hybridized carbons (Fsp3) is 0.667. The normalized spacial score (nSPS) is 19.2. The Morgan fingerprint density at radius 1 is 1.60 bits per heavy atom. The zero-order valence-corrected chi connectivity index (χ0v) is 5.50. The van der Waals surface area contributed by atoms with E-state index in [1.54, 1.807) is 0 Å². The molecule has 1 amide bonds. The molecule has 56 valence electrons. The Bertz CT molecular complexity index is 164. The molecule has 1 fully saturated rings. The third-order valence-corrected chi connectivity index (χ3v) is 1.51. The summed E-state index contributed by atoms with van der Waals surface area (Å²) >= 11 is 0. The van der Waals surface area contributed by atoms with E-state index in [1.165, 1.54) is 0 Å². The van der Waals surface area contributed by atoms with Crippen molar-refractivity contribution in [3.8, 4) is 0 Å². The number of carbonyl (C=O) groups is 2. The summed E-state index contributed by atoms with van der Waals surface area (Å²) < 4.78 is 0. The monoisotopic (exact) mass is 142 g/mol. The molecule has 1 aliphatic heterocycles. The van der Waals surface area contributed by atoms with Gasteiger partial charge in [-0.1, -0.05) is 0 Å². The van der Waals surface area contributed by atoms with Crippen LogP contribution in [0.4, 0.5) is 4.79 Å². The number of hydrogen-bond acceptors (Lipinski definition) is 3. The van der Waals surface area contributed by atoms with Gasteiger partial charge < -0.3 is 14.8 Å². The summed E-state index contributed by atoms with van der Waals surface area (Å²) in [6.07, 6.45) is -0.107. The number of hydrogen-bond donors (Lipinski definition) is 0. The van der Waals surface area contributed by atoms with Crippen LogP contribution in [0.25, 0.3) is 0 Å². The fourth-order valence-electron chi connectivity index (χ4n) is 0.994. The van der Waals surface area contributed by atoms with Crippen LogP contribution >= 0.6 is 0 Å². The molecule has 0 spiro atoms.